The first-order valence-electron chi connectivity index (χ1n) is 8.97. The molecule has 0 saturated carbocycles. The number of amides is 2. The number of carbonyl (C=O) groups is 2. The van der Waals surface area contributed by atoms with E-state index in [2.05, 4.69) is 4.74 Å². The van der Waals surface area contributed by atoms with Crippen LogP contribution in [0.3, 0.4) is 0 Å². The van der Waals surface area contributed by atoms with Gasteiger partial charge in [-0.3, -0.25) is 9.59 Å². The van der Waals surface area contributed by atoms with Crippen molar-refractivity contribution < 1.29 is 32.2 Å². The molecule has 2 aromatic rings. The van der Waals surface area contributed by atoms with Crippen LogP contribution in [0.5, 0.6) is 11.5 Å². The molecule has 0 aliphatic carbocycles. The molecule has 1 saturated heterocycles. The van der Waals surface area contributed by atoms with Crippen molar-refractivity contribution >= 4 is 23.4 Å². The van der Waals surface area contributed by atoms with Gasteiger partial charge < -0.3 is 19.3 Å². The van der Waals surface area contributed by atoms with E-state index in [1.165, 1.54) is 41.2 Å². The summed E-state index contributed by atoms with van der Waals surface area (Å²) >= 11 is 5.95. The molecule has 30 heavy (non-hydrogen) atoms. The first-order chi connectivity index (χ1) is 14.3. The Morgan fingerprint density at radius 1 is 1.00 bits per heavy atom. The summed E-state index contributed by atoms with van der Waals surface area (Å²) in [5.41, 5.74) is 0.106. The molecule has 6 nitrogen and oxygen atoms in total. The van der Waals surface area contributed by atoms with Gasteiger partial charge in [-0.1, -0.05) is 17.7 Å². The fourth-order valence-corrected chi connectivity index (χ4v) is 3.42. The van der Waals surface area contributed by atoms with E-state index in [-0.39, 0.29) is 59.7 Å². The molecule has 3 rings (SSSR count). The second kappa shape index (κ2) is 9.25. The molecule has 1 aliphatic rings. The van der Waals surface area contributed by atoms with Crippen molar-refractivity contribution in [1.82, 2.24) is 9.80 Å². The topological polar surface area (TPSA) is 59.1 Å². The summed E-state index contributed by atoms with van der Waals surface area (Å²) in [5, 5.41) is 0.00340. The van der Waals surface area contributed by atoms with Crippen LogP contribution in [0, 0.1) is 5.82 Å². The quantitative estimate of drug-likeness (QED) is 0.708. The van der Waals surface area contributed by atoms with Gasteiger partial charge in [0, 0.05) is 26.2 Å². The molecule has 0 bridgehead atoms. The first-order valence-corrected chi connectivity index (χ1v) is 9.35. The summed E-state index contributed by atoms with van der Waals surface area (Å²) < 4.78 is 48.3. The number of para-hydroxylation sites is 1. The third-order valence-corrected chi connectivity index (χ3v) is 4.96. The lowest BCUT2D eigenvalue weighted by Crippen LogP contribution is -2.50. The van der Waals surface area contributed by atoms with Crippen LogP contribution >= 0.6 is 11.6 Å². The summed E-state index contributed by atoms with van der Waals surface area (Å²) in [6.07, 6.45) is 0. The van der Waals surface area contributed by atoms with Crippen molar-refractivity contribution in [2.45, 2.75) is 6.61 Å². The van der Waals surface area contributed by atoms with Crippen LogP contribution in [0.1, 0.15) is 20.7 Å². The summed E-state index contributed by atoms with van der Waals surface area (Å²) in [4.78, 5) is 28.4. The van der Waals surface area contributed by atoms with Gasteiger partial charge in [-0.2, -0.15) is 8.78 Å². The standard InChI is InChI=1S/C20H18ClF3N2O4/c1-29-16-4-2-3-14(17(16)30-20(23)24)19(28)26-9-7-25(8-10-26)18(27)13-6-5-12(22)11-15(13)21/h2-6,11,20H,7-10H2,1H3. The Morgan fingerprint density at radius 2 is 1.60 bits per heavy atom. The van der Waals surface area contributed by atoms with Gasteiger partial charge in [-0.25, -0.2) is 4.39 Å². The summed E-state index contributed by atoms with van der Waals surface area (Å²) in [6.45, 7) is -2.37. The minimum atomic E-state index is -3.12. The van der Waals surface area contributed by atoms with Crippen LogP contribution in [0.25, 0.3) is 0 Å². The van der Waals surface area contributed by atoms with Gasteiger partial charge in [0.25, 0.3) is 11.8 Å². The lowest BCUT2D eigenvalue weighted by atomic mass is 10.1. The van der Waals surface area contributed by atoms with Crippen LogP contribution < -0.4 is 9.47 Å². The highest BCUT2D eigenvalue weighted by molar-refractivity contribution is 6.33. The molecule has 1 aliphatic heterocycles. The van der Waals surface area contributed by atoms with Crippen molar-refractivity contribution in [2.75, 3.05) is 33.3 Å². The van der Waals surface area contributed by atoms with Crippen LogP contribution in [0.4, 0.5) is 13.2 Å². The van der Waals surface area contributed by atoms with E-state index in [4.69, 9.17) is 16.3 Å². The molecular weight excluding hydrogens is 425 g/mol. The Balaban J connectivity index is 1.72. The van der Waals surface area contributed by atoms with Crippen molar-refractivity contribution in [1.29, 1.82) is 0 Å². The van der Waals surface area contributed by atoms with E-state index in [0.29, 0.717) is 0 Å². The summed E-state index contributed by atoms with van der Waals surface area (Å²) in [6, 6.07) is 7.80. The Kier molecular flexibility index (Phi) is 6.71. The number of hydrogen-bond donors (Lipinski definition) is 0. The van der Waals surface area contributed by atoms with E-state index in [1.807, 2.05) is 0 Å². The van der Waals surface area contributed by atoms with Crippen molar-refractivity contribution in [3.05, 3.63) is 58.4 Å². The summed E-state index contributed by atoms with van der Waals surface area (Å²) in [5.74, 6) is -1.77. The van der Waals surface area contributed by atoms with Crippen LogP contribution in [0.2, 0.25) is 5.02 Å². The zero-order valence-electron chi connectivity index (χ0n) is 15.9. The monoisotopic (exact) mass is 442 g/mol. The zero-order chi connectivity index (χ0) is 21.8. The number of halogens is 4. The maximum atomic E-state index is 13.2. The molecule has 2 amide bonds. The van der Waals surface area contributed by atoms with Crippen LogP contribution in [0.15, 0.2) is 36.4 Å². The van der Waals surface area contributed by atoms with Crippen LogP contribution in [-0.2, 0) is 0 Å². The fraction of sp³-hybridized carbons (Fsp3) is 0.300. The highest BCUT2D eigenvalue weighted by atomic mass is 35.5. The summed E-state index contributed by atoms with van der Waals surface area (Å²) in [7, 11) is 1.28. The minimum Gasteiger partial charge on any atom is -0.493 e. The number of piperazine rings is 1. The molecule has 1 heterocycles. The SMILES string of the molecule is COc1cccc(C(=O)N2CCN(C(=O)c3ccc(F)cc3Cl)CC2)c1OC(F)F. The van der Waals surface area contributed by atoms with E-state index >= 15 is 0 Å². The number of methoxy groups -OCH3 is 1. The molecule has 0 radical (unpaired) electrons. The average molecular weight is 443 g/mol. The first kappa shape index (κ1) is 21.8. The molecule has 0 N–H and O–H groups in total. The molecule has 10 heteroatoms. The molecule has 160 valence electrons. The van der Waals surface area contributed by atoms with Gasteiger partial charge in [-0.15, -0.1) is 0 Å². The van der Waals surface area contributed by atoms with Crippen molar-refractivity contribution in [2.24, 2.45) is 0 Å². The Hall–Kier alpha value is -2.94. The number of nitrogens with zero attached hydrogens (tertiary/aromatic N) is 2. The molecule has 0 aromatic heterocycles. The van der Waals surface area contributed by atoms with Gasteiger partial charge in [0.05, 0.1) is 23.3 Å². The molecule has 0 atom stereocenters. The molecule has 0 unspecified atom stereocenters. The fourth-order valence-electron chi connectivity index (χ4n) is 3.17. The highest BCUT2D eigenvalue weighted by Gasteiger charge is 2.29. The van der Waals surface area contributed by atoms with Crippen molar-refractivity contribution in [3.8, 4) is 11.5 Å². The van der Waals surface area contributed by atoms with E-state index in [1.54, 1.807) is 0 Å². The van der Waals surface area contributed by atoms with E-state index < -0.39 is 18.3 Å². The molecule has 0 spiro atoms. The minimum absolute atomic E-state index is 0.00340. The van der Waals surface area contributed by atoms with Crippen molar-refractivity contribution in [3.63, 3.8) is 0 Å². The van der Waals surface area contributed by atoms with Crippen LogP contribution in [-0.4, -0.2) is 61.5 Å². The van der Waals surface area contributed by atoms with Gasteiger partial charge in [0.15, 0.2) is 11.5 Å². The number of benzene rings is 2. The maximum Gasteiger partial charge on any atom is 0.387 e. The number of hydrogen-bond acceptors (Lipinski definition) is 4. The highest BCUT2D eigenvalue weighted by Crippen LogP contribution is 2.33. The number of ether oxygens (including phenoxy) is 2. The lowest BCUT2D eigenvalue weighted by molar-refractivity contribution is -0.0517. The zero-order valence-corrected chi connectivity index (χ0v) is 16.7. The predicted molar refractivity (Wildman–Crippen MR) is 103 cm³/mol. The number of rotatable bonds is 5. The van der Waals surface area contributed by atoms with Gasteiger partial charge >= 0.3 is 6.61 Å². The van der Waals surface area contributed by atoms with Gasteiger partial charge in [0.2, 0.25) is 0 Å². The lowest BCUT2D eigenvalue weighted by Gasteiger charge is -2.35. The maximum absolute atomic E-state index is 13.2. The van der Waals surface area contributed by atoms with E-state index in [9.17, 15) is 22.8 Å². The number of alkyl halides is 2. The van der Waals surface area contributed by atoms with Gasteiger partial charge in [0.1, 0.15) is 5.82 Å². The second-order valence-corrected chi connectivity index (χ2v) is 6.83. The predicted octanol–water partition coefficient (Wildman–Crippen LogP) is 3.69. The Labute approximate surface area is 175 Å². The Morgan fingerprint density at radius 3 is 2.13 bits per heavy atom. The molecule has 2 aromatic carbocycles. The molecule has 1 fully saturated rings. The third-order valence-electron chi connectivity index (χ3n) is 4.65. The second-order valence-electron chi connectivity index (χ2n) is 6.42. The largest absolute Gasteiger partial charge is 0.493 e. The van der Waals surface area contributed by atoms with E-state index in [0.717, 1.165) is 12.1 Å². The Bertz CT molecular complexity index is 950. The van der Waals surface area contributed by atoms with Gasteiger partial charge in [-0.05, 0) is 30.3 Å². The number of carbonyl (C=O) groups excluding carboxylic acids is 2. The molecular formula is C20H18ClF3N2O4. The average Bonchev–Trinajstić information content (AvgIpc) is 2.72. The normalized spacial score (nSPS) is 14.1. The third kappa shape index (κ3) is 4.62. The smallest absolute Gasteiger partial charge is 0.387 e.